The number of nitrogens with zero attached hydrogens (tertiary/aromatic N) is 1. The Morgan fingerprint density at radius 1 is 1.33 bits per heavy atom. The van der Waals surface area contributed by atoms with Crippen LogP contribution in [0.1, 0.15) is 6.42 Å². The van der Waals surface area contributed by atoms with Gasteiger partial charge in [-0.25, -0.2) is 4.72 Å². The van der Waals surface area contributed by atoms with E-state index in [9.17, 15) is 8.42 Å². The number of rotatable bonds is 2. The van der Waals surface area contributed by atoms with E-state index in [0.29, 0.717) is 26.3 Å². The molecule has 0 aromatic carbocycles. The molecule has 72 valence electrons. The summed E-state index contributed by atoms with van der Waals surface area (Å²) in [5.74, 6) is 0. The summed E-state index contributed by atoms with van der Waals surface area (Å²) in [6.07, 6.45) is 0.765. The van der Waals surface area contributed by atoms with Gasteiger partial charge < -0.3 is 4.74 Å². The van der Waals surface area contributed by atoms with Gasteiger partial charge in [0, 0.05) is 26.7 Å². The van der Waals surface area contributed by atoms with Crippen LogP contribution in [0.3, 0.4) is 0 Å². The van der Waals surface area contributed by atoms with Crippen LogP contribution < -0.4 is 4.72 Å². The lowest BCUT2D eigenvalue weighted by Crippen LogP contribution is -2.40. The minimum absolute atomic E-state index is 0.448. The third-order valence-corrected chi connectivity index (χ3v) is 3.34. The second-order valence-electron chi connectivity index (χ2n) is 2.57. The van der Waals surface area contributed by atoms with E-state index in [-0.39, 0.29) is 0 Å². The molecule has 1 N–H and O–H groups in total. The zero-order chi connectivity index (χ0) is 9.03. The normalized spacial score (nSPS) is 22.1. The Bertz CT molecular complexity index is 219. The van der Waals surface area contributed by atoms with Gasteiger partial charge in [0.15, 0.2) is 0 Å². The Balaban J connectivity index is 2.60. The number of ether oxygens (including phenoxy) is 1. The van der Waals surface area contributed by atoms with E-state index in [2.05, 4.69) is 4.72 Å². The molecule has 5 nitrogen and oxygen atoms in total. The van der Waals surface area contributed by atoms with Crippen LogP contribution >= 0.6 is 0 Å². The Labute approximate surface area is 72.9 Å². The minimum Gasteiger partial charge on any atom is -0.380 e. The minimum atomic E-state index is -3.24. The van der Waals surface area contributed by atoms with Gasteiger partial charge in [0.05, 0.1) is 6.61 Å². The average molecular weight is 194 g/mol. The first kappa shape index (κ1) is 9.91. The summed E-state index contributed by atoms with van der Waals surface area (Å²) in [4.78, 5) is 0. The van der Waals surface area contributed by atoms with Crippen molar-refractivity contribution in [1.29, 1.82) is 0 Å². The Hall–Kier alpha value is -0.170. The topological polar surface area (TPSA) is 58.6 Å². The molecule has 0 aromatic heterocycles. The highest BCUT2D eigenvalue weighted by Crippen LogP contribution is 2.02. The first-order valence-corrected chi connectivity index (χ1v) is 5.37. The van der Waals surface area contributed by atoms with E-state index in [1.54, 1.807) is 0 Å². The van der Waals surface area contributed by atoms with Crippen LogP contribution in [0.5, 0.6) is 0 Å². The fraction of sp³-hybridized carbons (Fsp3) is 1.00. The largest absolute Gasteiger partial charge is 0.380 e. The standard InChI is InChI=1S/C6H14N2O3S/c1-7-12(9,10)8-3-2-5-11-6-4-8/h7H,2-6H2,1H3. The van der Waals surface area contributed by atoms with Crippen LogP contribution in [0, 0.1) is 0 Å². The van der Waals surface area contributed by atoms with Crippen LogP contribution in [0.15, 0.2) is 0 Å². The van der Waals surface area contributed by atoms with Gasteiger partial charge in [0.1, 0.15) is 0 Å². The molecular weight excluding hydrogens is 180 g/mol. The third-order valence-electron chi connectivity index (χ3n) is 1.78. The quantitative estimate of drug-likeness (QED) is 0.624. The third kappa shape index (κ3) is 2.41. The van der Waals surface area contributed by atoms with Crippen molar-refractivity contribution >= 4 is 10.2 Å². The van der Waals surface area contributed by atoms with Crippen LogP contribution in [0.4, 0.5) is 0 Å². The van der Waals surface area contributed by atoms with Crippen molar-refractivity contribution in [3.8, 4) is 0 Å². The zero-order valence-corrected chi connectivity index (χ0v) is 7.93. The maximum atomic E-state index is 11.3. The molecule has 0 atom stereocenters. The Morgan fingerprint density at radius 3 is 2.75 bits per heavy atom. The molecule has 0 radical (unpaired) electrons. The monoisotopic (exact) mass is 194 g/mol. The number of hydrogen-bond acceptors (Lipinski definition) is 3. The van der Waals surface area contributed by atoms with Crippen molar-refractivity contribution in [2.75, 3.05) is 33.4 Å². The molecule has 1 aliphatic heterocycles. The predicted octanol–water partition coefficient (Wildman–Crippen LogP) is -0.827. The maximum absolute atomic E-state index is 11.3. The summed E-state index contributed by atoms with van der Waals surface area (Å²) < 4.78 is 31.3. The van der Waals surface area contributed by atoms with E-state index in [1.165, 1.54) is 11.4 Å². The molecule has 0 aliphatic carbocycles. The maximum Gasteiger partial charge on any atom is 0.279 e. The molecule has 0 saturated carbocycles. The molecule has 1 heterocycles. The van der Waals surface area contributed by atoms with Crippen molar-refractivity contribution in [2.24, 2.45) is 0 Å². The van der Waals surface area contributed by atoms with Crippen molar-refractivity contribution in [3.63, 3.8) is 0 Å². The smallest absolute Gasteiger partial charge is 0.279 e. The van der Waals surface area contributed by atoms with Crippen molar-refractivity contribution in [3.05, 3.63) is 0 Å². The highest BCUT2D eigenvalue weighted by Gasteiger charge is 2.20. The van der Waals surface area contributed by atoms with E-state index in [1.807, 2.05) is 0 Å². The Morgan fingerprint density at radius 2 is 2.08 bits per heavy atom. The number of hydrogen-bond donors (Lipinski definition) is 1. The lowest BCUT2D eigenvalue weighted by atomic mass is 10.5. The number of nitrogens with one attached hydrogen (secondary N) is 1. The summed E-state index contributed by atoms with van der Waals surface area (Å²) in [6, 6.07) is 0. The fourth-order valence-electron chi connectivity index (χ4n) is 1.09. The van der Waals surface area contributed by atoms with E-state index in [4.69, 9.17) is 4.74 Å². The van der Waals surface area contributed by atoms with E-state index in [0.717, 1.165) is 6.42 Å². The first-order chi connectivity index (χ1) is 5.67. The van der Waals surface area contributed by atoms with Crippen LogP contribution in [-0.2, 0) is 14.9 Å². The molecular formula is C6H14N2O3S. The van der Waals surface area contributed by atoms with Gasteiger partial charge in [-0.05, 0) is 6.42 Å². The van der Waals surface area contributed by atoms with Crippen molar-refractivity contribution < 1.29 is 13.2 Å². The van der Waals surface area contributed by atoms with E-state index < -0.39 is 10.2 Å². The average Bonchev–Trinajstić information content (AvgIpc) is 2.32. The molecule has 0 unspecified atom stereocenters. The molecule has 1 rings (SSSR count). The summed E-state index contributed by atoms with van der Waals surface area (Å²) in [7, 11) is -1.82. The summed E-state index contributed by atoms with van der Waals surface area (Å²) in [6.45, 7) is 2.13. The van der Waals surface area contributed by atoms with E-state index >= 15 is 0 Å². The Kier molecular flexibility index (Phi) is 3.45. The second-order valence-corrected chi connectivity index (χ2v) is 4.45. The van der Waals surface area contributed by atoms with Gasteiger partial charge in [-0.2, -0.15) is 12.7 Å². The van der Waals surface area contributed by atoms with Crippen LogP contribution in [0.25, 0.3) is 0 Å². The molecule has 0 amide bonds. The fourth-order valence-corrected chi connectivity index (χ4v) is 2.04. The molecule has 0 bridgehead atoms. The lowest BCUT2D eigenvalue weighted by molar-refractivity contribution is 0.148. The molecule has 0 spiro atoms. The molecule has 1 aliphatic rings. The van der Waals surface area contributed by atoms with Gasteiger partial charge >= 0.3 is 0 Å². The summed E-state index contributed by atoms with van der Waals surface area (Å²) in [5.41, 5.74) is 0. The molecule has 0 aromatic rings. The summed E-state index contributed by atoms with van der Waals surface area (Å²) in [5, 5.41) is 0. The van der Waals surface area contributed by atoms with Crippen molar-refractivity contribution in [1.82, 2.24) is 9.03 Å². The predicted molar refractivity (Wildman–Crippen MR) is 45.0 cm³/mol. The summed E-state index contributed by atoms with van der Waals surface area (Å²) >= 11 is 0. The molecule has 1 fully saturated rings. The van der Waals surface area contributed by atoms with Gasteiger partial charge in [-0.3, -0.25) is 0 Å². The van der Waals surface area contributed by atoms with Gasteiger partial charge in [0.2, 0.25) is 0 Å². The highest BCUT2D eigenvalue weighted by molar-refractivity contribution is 7.87. The second kappa shape index (κ2) is 4.18. The highest BCUT2D eigenvalue weighted by atomic mass is 32.2. The molecule has 6 heteroatoms. The molecule has 12 heavy (non-hydrogen) atoms. The SMILES string of the molecule is CNS(=O)(=O)N1CCCOCC1. The lowest BCUT2D eigenvalue weighted by Gasteiger charge is -2.17. The van der Waals surface area contributed by atoms with Crippen LogP contribution in [-0.4, -0.2) is 46.1 Å². The van der Waals surface area contributed by atoms with Gasteiger partial charge in [-0.1, -0.05) is 0 Å². The molecule has 1 saturated heterocycles. The van der Waals surface area contributed by atoms with Gasteiger partial charge in [0.25, 0.3) is 10.2 Å². The first-order valence-electron chi connectivity index (χ1n) is 3.93. The van der Waals surface area contributed by atoms with Crippen molar-refractivity contribution in [2.45, 2.75) is 6.42 Å². The van der Waals surface area contributed by atoms with Gasteiger partial charge in [-0.15, -0.1) is 0 Å². The zero-order valence-electron chi connectivity index (χ0n) is 7.12. The van der Waals surface area contributed by atoms with Crippen LogP contribution in [0.2, 0.25) is 0 Å².